The zero-order valence-electron chi connectivity index (χ0n) is 9.25. The first-order valence-electron chi connectivity index (χ1n) is 5.32. The fourth-order valence-electron chi connectivity index (χ4n) is 2.09. The van der Waals surface area contributed by atoms with Crippen LogP contribution in [0, 0.1) is 22.7 Å². The number of aromatic nitrogens is 2. The molecule has 2 aromatic heterocycles. The Bertz CT molecular complexity index is 780. The van der Waals surface area contributed by atoms with Crippen LogP contribution in [0.3, 0.4) is 0 Å². The maximum atomic E-state index is 9.26. The van der Waals surface area contributed by atoms with Crippen molar-refractivity contribution in [3.63, 3.8) is 0 Å². The lowest BCUT2D eigenvalue weighted by Gasteiger charge is -2.06. The SMILES string of the molecule is N#Cc1c(C#N)c2cccnc2c2ncccc12. The number of hydrogen-bond acceptors (Lipinski definition) is 4. The van der Waals surface area contributed by atoms with Gasteiger partial charge in [0.05, 0.1) is 22.2 Å². The van der Waals surface area contributed by atoms with Crippen LogP contribution in [-0.2, 0) is 0 Å². The Kier molecular flexibility index (Phi) is 2.15. The summed E-state index contributed by atoms with van der Waals surface area (Å²) in [5.74, 6) is 0. The molecular weight excluding hydrogens is 224 g/mol. The number of hydrogen-bond donors (Lipinski definition) is 0. The van der Waals surface area contributed by atoms with Crippen LogP contribution in [0.25, 0.3) is 21.8 Å². The van der Waals surface area contributed by atoms with E-state index in [0.717, 1.165) is 0 Å². The van der Waals surface area contributed by atoms with Gasteiger partial charge < -0.3 is 0 Å². The van der Waals surface area contributed by atoms with Gasteiger partial charge in [0.15, 0.2) is 0 Å². The minimum Gasteiger partial charge on any atom is -0.254 e. The molecule has 4 nitrogen and oxygen atoms in total. The smallest absolute Gasteiger partial charge is 0.101 e. The first-order valence-corrected chi connectivity index (χ1v) is 5.32. The first-order chi connectivity index (χ1) is 8.86. The largest absolute Gasteiger partial charge is 0.254 e. The molecule has 0 fully saturated rings. The lowest BCUT2D eigenvalue weighted by Crippen LogP contribution is -1.93. The van der Waals surface area contributed by atoms with Crippen molar-refractivity contribution in [2.45, 2.75) is 0 Å². The van der Waals surface area contributed by atoms with Crippen molar-refractivity contribution in [3.8, 4) is 12.1 Å². The Labute approximate surface area is 103 Å². The zero-order valence-corrected chi connectivity index (χ0v) is 9.25. The molecular formula is C14H6N4. The van der Waals surface area contributed by atoms with Gasteiger partial charge in [0.1, 0.15) is 12.1 Å². The Balaban J connectivity index is 2.73. The van der Waals surface area contributed by atoms with Gasteiger partial charge in [-0.25, -0.2) is 0 Å². The normalized spacial score (nSPS) is 10.1. The molecule has 18 heavy (non-hydrogen) atoms. The first kappa shape index (κ1) is 10.2. The van der Waals surface area contributed by atoms with E-state index in [0.29, 0.717) is 32.9 Å². The highest BCUT2D eigenvalue weighted by Gasteiger charge is 2.14. The van der Waals surface area contributed by atoms with Crippen molar-refractivity contribution in [2.75, 3.05) is 0 Å². The van der Waals surface area contributed by atoms with E-state index in [1.54, 1.807) is 36.7 Å². The summed E-state index contributed by atoms with van der Waals surface area (Å²) < 4.78 is 0. The fourth-order valence-corrected chi connectivity index (χ4v) is 2.09. The second-order valence-corrected chi connectivity index (χ2v) is 3.77. The summed E-state index contributed by atoms with van der Waals surface area (Å²) in [6, 6.07) is 11.3. The van der Waals surface area contributed by atoms with Crippen LogP contribution in [0.15, 0.2) is 36.7 Å². The molecule has 0 atom stereocenters. The van der Waals surface area contributed by atoms with Gasteiger partial charge in [-0.2, -0.15) is 10.5 Å². The number of nitrogens with zero attached hydrogens (tertiary/aromatic N) is 4. The average molecular weight is 230 g/mol. The fraction of sp³-hybridized carbons (Fsp3) is 0. The summed E-state index contributed by atoms with van der Waals surface area (Å²) in [5, 5.41) is 19.9. The number of rotatable bonds is 0. The van der Waals surface area contributed by atoms with E-state index in [1.165, 1.54) is 0 Å². The van der Waals surface area contributed by atoms with Crippen molar-refractivity contribution in [3.05, 3.63) is 47.8 Å². The predicted octanol–water partition coefficient (Wildman–Crippen LogP) is 2.53. The lowest BCUT2D eigenvalue weighted by atomic mass is 9.98. The molecule has 3 aromatic rings. The Morgan fingerprint density at radius 1 is 0.778 bits per heavy atom. The molecule has 3 rings (SSSR count). The van der Waals surface area contributed by atoms with E-state index in [-0.39, 0.29) is 0 Å². The third-order valence-electron chi connectivity index (χ3n) is 2.85. The second kappa shape index (κ2) is 3.80. The van der Waals surface area contributed by atoms with Gasteiger partial charge in [-0.3, -0.25) is 9.97 Å². The Morgan fingerprint density at radius 2 is 1.22 bits per heavy atom. The van der Waals surface area contributed by atoms with E-state index in [1.807, 2.05) is 0 Å². The van der Waals surface area contributed by atoms with Gasteiger partial charge in [-0.1, -0.05) is 0 Å². The molecule has 0 amide bonds. The number of nitriles is 2. The number of pyridine rings is 2. The molecule has 82 valence electrons. The monoisotopic (exact) mass is 230 g/mol. The molecule has 0 saturated carbocycles. The van der Waals surface area contributed by atoms with Crippen LogP contribution >= 0.6 is 0 Å². The van der Waals surface area contributed by atoms with E-state index < -0.39 is 0 Å². The van der Waals surface area contributed by atoms with Crippen molar-refractivity contribution < 1.29 is 0 Å². The van der Waals surface area contributed by atoms with Gasteiger partial charge in [0.2, 0.25) is 0 Å². The molecule has 0 saturated heterocycles. The van der Waals surface area contributed by atoms with Crippen LogP contribution in [0.1, 0.15) is 11.1 Å². The highest BCUT2D eigenvalue weighted by molar-refractivity contribution is 6.08. The maximum Gasteiger partial charge on any atom is 0.101 e. The minimum absolute atomic E-state index is 0.362. The van der Waals surface area contributed by atoms with E-state index in [9.17, 15) is 10.5 Å². The molecule has 0 aliphatic heterocycles. The minimum atomic E-state index is 0.362. The maximum absolute atomic E-state index is 9.26. The molecule has 0 aliphatic carbocycles. The molecule has 2 heterocycles. The summed E-state index contributed by atoms with van der Waals surface area (Å²) in [6.45, 7) is 0. The van der Waals surface area contributed by atoms with E-state index in [4.69, 9.17) is 0 Å². The Morgan fingerprint density at radius 3 is 1.61 bits per heavy atom. The number of benzene rings is 1. The highest BCUT2D eigenvalue weighted by atomic mass is 14.7. The van der Waals surface area contributed by atoms with Crippen molar-refractivity contribution in [1.29, 1.82) is 10.5 Å². The molecule has 1 aromatic carbocycles. The van der Waals surface area contributed by atoms with Crippen molar-refractivity contribution >= 4 is 21.8 Å². The lowest BCUT2D eigenvalue weighted by molar-refractivity contribution is 1.36. The predicted molar refractivity (Wildman–Crippen MR) is 66.5 cm³/mol. The zero-order chi connectivity index (χ0) is 12.5. The van der Waals surface area contributed by atoms with Crippen molar-refractivity contribution in [2.24, 2.45) is 0 Å². The topological polar surface area (TPSA) is 73.4 Å². The van der Waals surface area contributed by atoms with Gasteiger partial charge in [0.25, 0.3) is 0 Å². The van der Waals surface area contributed by atoms with E-state index in [2.05, 4.69) is 22.1 Å². The molecule has 0 N–H and O–H groups in total. The van der Waals surface area contributed by atoms with Gasteiger partial charge in [0, 0.05) is 23.2 Å². The second-order valence-electron chi connectivity index (χ2n) is 3.77. The third kappa shape index (κ3) is 1.24. The average Bonchev–Trinajstić information content (AvgIpc) is 2.45. The molecule has 0 unspecified atom stereocenters. The van der Waals surface area contributed by atoms with Crippen molar-refractivity contribution in [1.82, 2.24) is 9.97 Å². The quantitative estimate of drug-likeness (QED) is 0.556. The third-order valence-corrected chi connectivity index (χ3v) is 2.85. The molecule has 0 aliphatic rings. The molecule has 0 radical (unpaired) electrons. The van der Waals surface area contributed by atoms with E-state index >= 15 is 0 Å². The summed E-state index contributed by atoms with van der Waals surface area (Å²) in [6.07, 6.45) is 3.31. The standard InChI is InChI=1S/C14H6N4/c15-7-11-9-3-1-5-17-13(9)14-10(12(11)8-16)4-2-6-18-14/h1-6H. The summed E-state index contributed by atoms with van der Waals surface area (Å²) in [5.41, 5.74) is 2.04. The molecule has 0 spiro atoms. The van der Waals surface area contributed by atoms with Crippen LogP contribution in [0.4, 0.5) is 0 Å². The highest BCUT2D eigenvalue weighted by Crippen LogP contribution is 2.29. The summed E-state index contributed by atoms with van der Waals surface area (Å²) in [4.78, 5) is 8.54. The van der Waals surface area contributed by atoms with Gasteiger partial charge in [-0.15, -0.1) is 0 Å². The van der Waals surface area contributed by atoms with Crippen LogP contribution in [-0.4, -0.2) is 9.97 Å². The van der Waals surface area contributed by atoms with Gasteiger partial charge in [-0.05, 0) is 24.3 Å². The van der Waals surface area contributed by atoms with Crippen LogP contribution < -0.4 is 0 Å². The number of fused-ring (bicyclic) bond motifs is 3. The molecule has 0 bridgehead atoms. The summed E-state index contributed by atoms with van der Waals surface area (Å²) >= 11 is 0. The Hall–Kier alpha value is -2.98. The molecule has 4 heteroatoms. The van der Waals surface area contributed by atoms with Gasteiger partial charge >= 0.3 is 0 Å². The van der Waals surface area contributed by atoms with Crippen LogP contribution in [0.2, 0.25) is 0 Å². The summed E-state index contributed by atoms with van der Waals surface area (Å²) in [7, 11) is 0. The van der Waals surface area contributed by atoms with Crippen LogP contribution in [0.5, 0.6) is 0 Å².